The number of benzene rings is 2. The van der Waals surface area contributed by atoms with Crippen LogP contribution < -0.4 is 15.8 Å². The van der Waals surface area contributed by atoms with Crippen molar-refractivity contribution in [3.05, 3.63) is 60.2 Å². The van der Waals surface area contributed by atoms with Crippen molar-refractivity contribution in [1.29, 1.82) is 0 Å². The fourth-order valence-electron chi connectivity index (χ4n) is 1.67. The topological polar surface area (TPSA) is 59.6 Å². The van der Waals surface area contributed by atoms with Gasteiger partial charge in [-0.15, -0.1) is 0 Å². The Morgan fingerprint density at radius 3 is 2.50 bits per heavy atom. The second kappa shape index (κ2) is 7.19. The molecule has 2 rings (SSSR count). The van der Waals surface area contributed by atoms with Crippen LogP contribution in [0.25, 0.3) is 0 Å². The summed E-state index contributed by atoms with van der Waals surface area (Å²) in [7, 11) is 0. The molecule has 20 heavy (non-hydrogen) atoms. The number of hydrogen-bond acceptors (Lipinski definition) is 2. The number of aryl methyl sites for hydroxylation is 1. The van der Waals surface area contributed by atoms with Crippen molar-refractivity contribution >= 4 is 11.6 Å². The Morgan fingerprint density at radius 2 is 1.80 bits per heavy atom. The molecule has 0 fully saturated rings. The fraction of sp³-hybridized carbons (Fsp3) is 0.188. The molecule has 0 radical (unpaired) electrons. The van der Waals surface area contributed by atoms with Gasteiger partial charge in [-0.25, -0.2) is 4.99 Å². The molecule has 0 unspecified atom stereocenters. The van der Waals surface area contributed by atoms with Gasteiger partial charge in [-0.05, 0) is 31.2 Å². The average molecular weight is 269 g/mol. The largest absolute Gasteiger partial charge is 0.492 e. The molecule has 0 spiro atoms. The minimum Gasteiger partial charge on any atom is -0.492 e. The Balaban J connectivity index is 1.74. The first-order valence-corrected chi connectivity index (χ1v) is 6.55. The van der Waals surface area contributed by atoms with Crippen LogP contribution >= 0.6 is 0 Å². The van der Waals surface area contributed by atoms with Crippen LogP contribution in [0.1, 0.15) is 5.56 Å². The Hall–Kier alpha value is -2.49. The van der Waals surface area contributed by atoms with Crippen LogP contribution in [0, 0.1) is 6.92 Å². The highest BCUT2D eigenvalue weighted by Gasteiger charge is 1.95. The number of rotatable bonds is 5. The van der Waals surface area contributed by atoms with Crippen molar-refractivity contribution in [3.8, 4) is 5.75 Å². The zero-order valence-corrected chi connectivity index (χ0v) is 11.5. The summed E-state index contributed by atoms with van der Waals surface area (Å²) in [5.74, 6) is 1.24. The van der Waals surface area contributed by atoms with E-state index in [-0.39, 0.29) is 0 Å². The summed E-state index contributed by atoms with van der Waals surface area (Å²) in [4.78, 5) is 4.21. The van der Waals surface area contributed by atoms with Gasteiger partial charge in [0.15, 0.2) is 5.96 Å². The molecule has 0 bridgehead atoms. The minimum atomic E-state index is 0.392. The van der Waals surface area contributed by atoms with Crippen LogP contribution in [0.4, 0.5) is 5.69 Å². The van der Waals surface area contributed by atoms with Gasteiger partial charge in [0.05, 0.1) is 6.54 Å². The number of nitrogens with zero attached hydrogens (tertiary/aromatic N) is 1. The number of ether oxygens (including phenoxy) is 1. The van der Waals surface area contributed by atoms with Crippen molar-refractivity contribution in [1.82, 2.24) is 0 Å². The summed E-state index contributed by atoms with van der Waals surface area (Å²) in [5, 5.41) is 3.02. The van der Waals surface area contributed by atoms with E-state index >= 15 is 0 Å². The summed E-state index contributed by atoms with van der Waals surface area (Å²) in [6, 6.07) is 17.6. The molecule has 0 amide bonds. The molecular weight excluding hydrogens is 250 g/mol. The van der Waals surface area contributed by atoms with Crippen LogP contribution in [-0.4, -0.2) is 19.1 Å². The first-order valence-electron chi connectivity index (χ1n) is 6.55. The number of para-hydroxylation sites is 1. The van der Waals surface area contributed by atoms with Crippen molar-refractivity contribution in [3.63, 3.8) is 0 Å². The van der Waals surface area contributed by atoms with Gasteiger partial charge in [0, 0.05) is 5.69 Å². The normalized spacial score (nSPS) is 11.2. The lowest BCUT2D eigenvalue weighted by Gasteiger charge is -2.06. The highest BCUT2D eigenvalue weighted by Crippen LogP contribution is 2.11. The lowest BCUT2D eigenvalue weighted by molar-refractivity contribution is 0.328. The Kier molecular flexibility index (Phi) is 5.00. The van der Waals surface area contributed by atoms with Gasteiger partial charge in [0.2, 0.25) is 0 Å². The molecule has 0 heterocycles. The van der Waals surface area contributed by atoms with E-state index in [2.05, 4.69) is 10.3 Å². The first kappa shape index (κ1) is 13.9. The fourth-order valence-corrected chi connectivity index (χ4v) is 1.67. The maximum absolute atomic E-state index is 5.79. The second-order valence-electron chi connectivity index (χ2n) is 4.42. The molecule has 0 saturated heterocycles. The third-order valence-corrected chi connectivity index (χ3v) is 2.71. The van der Waals surface area contributed by atoms with Crippen molar-refractivity contribution < 1.29 is 4.74 Å². The molecular formula is C16H19N3O. The Labute approximate surface area is 119 Å². The standard InChI is InChI=1S/C16H19N3O/c1-13-7-9-15(10-8-13)20-12-11-18-16(17)19-14-5-3-2-4-6-14/h2-10H,11-12H2,1H3,(H3,17,18,19). The van der Waals surface area contributed by atoms with Gasteiger partial charge in [-0.3, -0.25) is 0 Å². The van der Waals surface area contributed by atoms with E-state index in [1.165, 1.54) is 5.56 Å². The number of nitrogens with two attached hydrogens (primary N) is 1. The van der Waals surface area contributed by atoms with Gasteiger partial charge in [-0.1, -0.05) is 35.9 Å². The van der Waals surface area contributed by atoms with Crippen LogP contribution in [0.3, 0.4) is 0 Å². The van der Waals surface area contributed by atoms with E-state index in [4.69, 9.17) is 10.5 Å². The lowest BCUT2D eigenvalue weighted by atomic mass is 10.2. The van der Waals surface area contributed by atoms with E-state index in [1.807, 2.05) is 61.5 Å². The zero-order chi connectivity index (χ0) is 14.2. The van der Waals surface area contributed by atoms with Crippen molar-refractivity contribution in [2.75, 3.05) is 18.5 Å². The van der Waals surface area contributed by atoms with Gasteiger partial charge < -0.3 is 15.8 Å². The number of anilines is 1. The summed E-state index contributed by atoms with van der Waals surface area (Å²) in [5.41, 5.74) is 7.93. The molecule has 0 aliphatic rings. The van der Waals surface area contributed by atoms with Crippen LogP contribution in [0.5, 0.6) is 5.75 Å². The number of aliphatic imine (C=N–C) groups is 1. The van der Waals surface area contributed by atoms with Gasteiger partial charge >= 0.3 is 0 Å². The smallest absolute Gasteiger partial charge is 0.193 e. The number of guanidine groups is 1. The molecule has 3 N–H and O–H groups in total. The van der Waals surface area contributed by atoms with E-state index in [0.717, 1.165) is 11.4 Å². The van der Waals surface area contributed by atoms with Crippen LogP contribution in [0.2, 0.25) is 0 Å². The monoisotopic (exact) mass is 269 g/mol. The van der Waals surface area contributed by atoms with E-state index in [9.17, 15) is 0 Å². The SMILES string of the molecule is Cc1ccc(OCCN=C(N)Nc2ccccc2)cc1. The maximum atomic E-state index is 5.79. The summed E-state index contributed by atoms with van der Waals surface area (Å²) >= 11 is 0. The third kappa shape index (κ3) is 4.65. The average Bonchev–Trinajstić information content (AvgIpc) is 2.46. The molecule has 104 valence electrons. The predicted molar refractivity (Wildman–Crippen MR) is 83.2 cm³/mol. The molecule has 0 atom stereocenters. The lowest BCUT2D eigenvalue weighted by Crippen LogP contribution is -2.23. The molecule has 0 aliphatic heterocycles. The molecule has 4 nitrogen and oxygen atoms in total. The van der Waals surface area contributed by atoms with E-state index in [1.54, 1.807) is 0 Å². The summed E-state index contributed by atoms with van der Waals surface area (Å²) < 4.78 is 5.57. The molecule has 0 aromatic heterocycles. The van der Waals surface area contributed by atoms with Crippen LogP contribution in [-0.2, 0) is 0 Å². The van der Waals surface area contributed by atoms with Gasteiger partial charge in [0.25, 0.3) is 0 Å². The molecule has 2 aromatic carbocycles. The maximum Gasteiger partial charge on any atom is 0.193 e. The number of hydrogen-bond donors (Lipinski definition) is 2. The predicted octanol–water partition coefficient (Wildman–Crippen LogP) is 2.80. The first-order chi connectivity index (χ1) is 9.74. The Morgan fingerprint density at radius 1 is 1.10 bits per heavy atom. The van der Waals surface area contributed by atoms with Crippen molar-refractivity contribution in [2.24, 2.45) is 10.7 Å². The van der Waals surface area contributed by atoms with E-state index < -0.39 is 0 Å². The molecule has 0 saturated carbocycles. The highest BCUT2D eigenvalue weighted by atomic mass is 16.5. The molecule has 0 aliphatic carbocycles. The van der Waals surface area contributed by atoms with Crippen molar-refractivity contribution in [2.45, 2.75) is 6.92 Å². The van der Waals surface area contributed by atoms with Gasteiger partial charge in [-0.2, -0.15) is 0 Å². The quantitative estimate of drug-likeness (QED) is 0.498. The van der Waals surface area contributed by atoms with E-state index in [0.29, 0.717) is 19.1 Å². The highest BCUT2D eigenvalue weighted by molar-refractivity contribution is 5.92. The third-order valence-electron chi connectivity index (χ3n) is 2.71. The summed E-state index contributed by atoms with van der Waals surface area (Å²) in [6.07, 6.45) is 0. The van der Waals surface area contributed by atoms with Gasteiger partial charge in [0.1, 0.15) is 12.4 Å². The Bertz CT molecular complexity index is 550. The minimum absolute atomic E-state index is 0.392. The molecule has 2 aromatic rings. The van der Waals surface area contributed by atoms with Crippen LogP contribution in [0.15, 0.2) is 59.6 Å². The summed E-state index contributed by atoms with van der Waals surface area (Å²) in [6.45, 7) is 3.06. The second-order valence-corrected chi connectivity index (χ2v) is 4.42. The molecule has 4 heteroatoms. The zero-order valence-electron chi connectivity index (χ0n) is 11.5. The number of nitrogens with one attached hydrogen (secondary N) is 1.